The molecule has 0 aromatic heterocycles. The maximum Gasteiger partial charge on any atom is 0.228 e. The van der Waals surface area contributed by atoms with E-state index in [9.17, 15) is 9.59 Å². The number of para-hydroxylation sites is 1. The summed E-state index contributed by atoms with van der Waals surface area (Å²) in [5, 5.41) is 5.91. The third-order valence-corrected chi connectivity index (χ3v) is 5.45. The van der Waals surface area contributed by atoms with Crippen LogP contribution in [0, 0.1) is 0 Å². The van der Waals surface area contributed by atoms with Crippen LogP contribution in [0.25, 0.3) is 0 Å². The van der Waals surface area contributed by atoms with Gasteiger partial charge >= 0.3 is 0 Å². The number of anilines is 1. The summed E-state index contributed by atoms with van der Waals surface area (Å²) in [5.74, 6) is -0.436. The van der Waals surface area contributed by atoms with Crippen LogP contribution in [-0.2, 0) is 9.59 Å². The predicted octanol–water partition coefficient (Wildman–Crippen LogP) is 4.45. The van der Waals surface area contributed by atoms with Crippen LogP contribution in [0.2, 0.25) is 0 Å². The van der Waals surface area contributed by atoms with Gasteiger partial charge in [-0.05, 0) is 29.2 Å². The van der Waals surface area contributed by atoms with Crippen molar-refractivity contribution < 1.29 is 9.59 Å². The molecular formula is C25H24N2O2. The Hall–Kier alpha value is -3.40. The van der Waals surface area contributed by atoms with Crippen molar-refractivity contribution in [1.29, 1.82) is 0 Å². The van der Waals surface area contributed by atoms with Crippen LogP contribution in [-0.4, -0.2) is 18.4 Å². The fourth-order valence-corrected chi connectivity index (χ4v) is 4.00. The number of hydrogen-bond acceptors (Lipinski definition) is 2. The molecule has 0 fully saturated rings. The van der Waals surface area contributed by atoms with Gasteiger partial charge in [-0.25, -0.2) is 0 Å². The lowest BCUT2D eigenvalue weighted by atomic mass is 9.88. The van der Waals surface area contributed by atoms with Crippen molar-refractivity contribution in [2.75, 3.05) is 11.9 Å². The van der Waals surface area contributed by atoms with Gasteiger partial charge in [-0.1, -0.05) is 78.9 Å². The molecule has 3 aromatic carbocycles. The van der Waals surface area contributed by atoms with Gasteiger partial charge in [0, 0.05) is 24.6 Å². The van der Waals surface area contributed by atoms with E-state index >= 15 is 0 Å². The number of benzene rings is 3. The molecule has 0 saturated heterocycles. The first kappa shape index (κ1) is 18.9. The molecule has 1 aliphatic heterocycles. The Bertz CT molecular complexity index is 946. The molecule has 29 heavy (non-hydrogen) atoms. The molecule has 0 saturated carbocycles. The Balaban J connectivity index is 1.46. The van der Waals surface area contributed by atoms with Crippen molar-refractivity contribution in [1.82, 2.24) is 5.32 Å². The first-order valence-corrected chi connectivity index (χ1v) is 9.99. The first-order chi connectivity index (χ1) is 14.2. The van der Waals surface area contributed by atoms with Crippen molar-refractivity contribution in [2.24, 2.45) is 0 Å². The largest absolute Gasteiger partial charge is 0.356 e. The van der Waals surface area contributed by atoms with Crippen LogP contribution in [0.15, 0.2) is 84.9 Å². The van der Waals surface area contributed by atoms with E-state index in [-0.39, 0.29) is 24.2 Å². The highest BCUT2D eigenvalue weighted by Crippen LogP contribution is 2.32. The summed E-state index contributed by atoms with van der Waals surface area (Å²) in [7, 11) is 0. The third-order valence-electron chi connectivity index (χ3n) is 5.45. The number of nitrogens with one attached hydrogen (secondary N) is 2. The van der Waals surface area contributed by atoms with Gasteiger partial charge in [-0.3, -0.25) is 9.59 Å². The van der Waals surface area contributed by atoms with Crippen molar-refractivity contribution in [3.8, 4) is 0 Å². The fourth-order valence-electron chi connectivity index (χ4n) is 4.00. The number of hydrogen-bond donors (Lipinski definition) is 2. The van der Waals surface area contributed by atoms with Gasteiger partial charge in [-0.2, -0.15) is 0 Å². The van der Waals surface area contributed by atoms with Crippen LogP contribution in [0.1, 0.15) is 41.4 Å². The Labute approximate surface area is 171 Å². The monoisotopic (exact) mass is 384 g/mol. The maximum absolute atomic E-state index is 12.9. The molecular weight excluding hydrogens is 360 g/mol. The zero-order valence-corrected chi connectivity index (χ0v) is 16.2. The van der Waals surface area contributed by atoms with Crippen LogP contribution in [0.3, 0.4) is 0 Å². The smallest absolute Gasteiger partial charge is 0.228 e. The maximum atomic E-state index is 12.9. The van der Waals surface area contributed by atoms with E-state index in [0.29, 0.717) is 6.54 Å². The van der Waals surface area contributed by atoms with E-state index in [1.807, 2.05) is 60.7 Å². The van der Waals surface area contributed by atoms with Gasteiger partial charge in [-0.15, -0.1) is 0 Å². The molecule has 1 heterocycles. The van der Waals surface area contributed by atoms with Crippen LogP contribution in [0.4, 0.5) is 5.69 Å². The summed E-state index contributed by atoms with van der Waals surface area (Å²) in [6.07, 6.45) is 0.976. The second-order valence-corrected chi connectivity index (χ2v) is 7.35. The molecule has 0 aliphatic carbocycles. The van der Waals surface area contributed by atoms with E-state index in [0.717, 1.165) is 17.7 Å². The highest BCUT2D eigenvalue weighted by atomic mass is 16.2. The molecule has 146 valence electrons. The lowest BCUT2D eigenvalue weighted by molar-refractivity contribution is -0.126. The molecule has 2 N–H and O–H groups in total. The van der Waals surface area contributed by atoms with E-state index < -0.39 is 5.92 Å². The Morgan fingerprint density at radius 3 is 2.14 bits per heavy atom. The zero-order chi connectivity index (χ0) is 20.1. The lowest BCUT2D eigenvalue weighted by Crippen LogP contribution is -2.35. The van der Waals surface area contributed by atoms with Gasteiger partial charge in [0.25, 0.3) is 0 Å². The number of rotatable bonds is 6. The molecule has 0 radical (unpaired) electrons. The second kappa shape index (κ2) is 8.74. The third kappa shape index (κ3) is 4.37. The average Bonchev–Trinajstić information content (AvgIpc) is 2.77. The number of carbonyl (C=O) groups excluding carboxylic acids is 2. The van der Waals surface area contributed by atoms with Crippen LogP contribution >= 0.6 is 0 Å². The van der Waals surface area contributed by atoms with E-state index in [1.54, 1.807) is 0 Å². The van der Waals surface area contributed by atoms with Gasteiger partial charge in [0.1, 0.15) is 0 Å². The Morgan fingerprint density at radius 2 is 1.48 bits per heavy atom. The van der Waals surface area contributed by atoms with Gasteiger partial charge in [0.15, 0.2) is 0 Å². The molecule has 4 nitrogen and oxygen atoms in total. The minimum atomic E-state index is -0.438. The van der Waals surface area contributed by atoms with Gasteiger partial charge in [0.05, 0.1) is 5.92 Å². The lowest BCUT2D eigenvalue weighted by Gasteiger charge is -2.25. The summed E-state index contributed by atoms with van der Waals surface area (Å²) in [4.78, 5) is 24.9. The molecule has 1 aliphatic rings. The van der Waals surface area contributed by atoms with Crippen LogP contribution in [0.5, 0.6) is 0 Å². The van der Waals surface area contributed by atoms with Crippen molar-refractivity contribution in [3.63, 3.8) is 0 Å². The molecule has 3 aromatic rings. The normalized spacial score (nSPS) is 15.5. The minimum absolute atomic E-state index is 0.0906. The summed E-state index contributed by atoms with van der Waals surface area (Å²) in [6.45, 7) is 0.549. The quantitative estimate of drug-likeness (QED) is 0.660. The summed E-state index contributed by atoms with van der Waals surface area (Å²) in [6, 6.07) is 28.2. The summed E-state index contributed by atoms with van der Waals surface area (Å²) in [5.41, 5.74) is 4.08. The second-order valence-electron chi connectivity index (χ2n) is 7.35. The highest BCUT2D eigenvalue weighted by molar-refractivity contribution is 6.01. The fraction of sp³-hybridized carbons (Fsp3) is 0.200. The molecule has 1 atom stereocenters. The van der Waals surface area contributed by atoms with E-state index in [4.69, 9.17) is 0 Å². The molecule has 4 rings (SSSR count). The topological polar surface area (TPSA) is 58.2 Å². The summed E-state index contributed by atoms with van der Waals surface area (Å²) >= 11 is 0. The van der Waals surface area contributed by atoms with Crippen molar-refractivity contribution >= 4 is 17.5 Å². The minimum Gasteiger partial charge on any atom is -0.356 e. The number of fused-ring (bicyclic) bond motifs is 1. The van der Waals surface area contributed by atoms with Crippen LogP contribution < -0.4 is 10.6 Å². The molecule has 2 amide bonds. The van der Waals surface area contributed by atoms with Crippen molar-refractivity contribution in [3.05, 3.63) is 102 Å². The Morgan fingerprint density at radius 1 is 0.897 bits per heavy atom. The zero-order valence-electron chi connectivity index (χ0n) is 16.2. The first-order valence-electron chi connectivity index (χ1n) is 9.99. The summed E-state index contributed by atoms with van der Waals surface area (Å²) < 4.78 is 0. The Kier molecular flexibility index (Phi) is 5.71. The number of amides is 2. The number of carbonyl (C=O) groups is 2. The van der Waals surface area contributed by atoms with E-state index in [1.165, 1.54) is 11.1 Å². The molecule has 4 heteroatoms. The van der Waals surface area contributed by atoms with Gasteiger partial charge in [0.2, 0.25) is 11.8 Å². The van der Waals surface area contributed by atoms with E-state index in [2.05, 4.69) is 34.9 Å². The van der Waals surface area contributed by atoms with Crippen molar-refractivity contribution in [2.45, 2.75) is 24.7 Å². The average molecular weight is 384 g/mol. The predicted molar refractivity (Wildman–Crippen MR) is 115 cm³/mol. The molecule has 0 bridgehead atoms. The van der Waals surface area contributed by atoms with Gasteiger partial charge < -0.3 is 10.6 Å². The molecule has 0 spiro atoms. The SMILES string of the molecule is O=C1CC(C(=O)NCCC(c2ccccc2)c2ccccc2)c2ccccc2N1. The highest BCUT2D eigenvalue weighted by Gasteiger charge is 2.30. The standard InChI is InChI=1S/C25H24N2O2/c28-24-17-22(21-13-7-8-14-23(21)27-24)25(29)26-16-15-20(18-9-3-1-4-10-18)19-11-5-2-6-12-19/h1-14,20,22H,15-17H2,(H,26,29)(H,27,28). The molecule has 1 unspecified atom stereocenters.